The normalized spacial score (nSPS) is 20.1. The van der Waals surface area contributed by atoms with Crippen LogP contribution in [0.3, 0.4) is 0 Å². The maximum Gasteiger partial charge on any atom is 0.291 e. The van der Waals surface area contributed by atoms with Gasteiger partial charge in [0.05, 0.1) is 73.9 Å². The van der Waals surface area contributed by atoms with Crippen molar-refractivity contribution in [3.8, 4) is 18.2 Å². The van der Waals surface area contributed by atoms with Gasteiger partial charge in [0.25, 0.3) is 11.8 Å². The van der Waals surface area contributed by atoms with Crippen molar-refractivity contribution in [3.63, 3.8) is 0 Å². The second-order valence-electron chi connectivity index (χ2n) is 41.8. The van der Waals surface area contributed by atoms with Gasteiger partial charge in [-0.3, -0.25) is 24.5 Å². The van der Waals surface area contributed by atoms with Gasteiger partial charge in [-0.1, -0.05) is 99.1 Å². The molecule has 648 valence electrons. The van der Waals surface area contributed by atoms with Crippen LogP contribution >= 0.6 is 46.9 Å². The number of H-pyrrole nitrogens is 1. The summed E-state index contributed by atoms with van der Waals surface area (Å²) in [5.74, 6) is 0.427. The standard InChI is InChI=1S/C33H49N5O3Si.C27H35N5O2.C22H34N2O.C10H16BrN3OSi.HIS/c1-31(2)14-12-23(13-15-31)28-27(11-10-26(36-28)24-18-32(3,4)41-33(5,6)19-24)37-30(39)29-35-25(20-34)21-38(29)22-40-16-17-42(7,8)9;1-25(2)11-9-17(10-12-25)22-21(32-24(33)23-29-16-19(15-28)30-23)8-7-20(31-22)18-13-26(3,4)34-27(5,6)14-18;1-20(2)11-9-15(10-12-20)19-17(23)7-8-18(24-19)16-13-21(3,4)25-22(5,6)14-16;1-16(2,3)5-4-15-8-14-7-9(6-12)13-10(14)11;1-2/h10-12,21,24H,13-19,22H2,1-9H3,(H,37,39);7-9,16,18H,10-14H2,1-6H3,(H,29,30)(H,32,33);7-9,16H,10-14,23H2,1-6H3;7H,4-5,8H2,1-3H3;2H. The summed E-state index contributed by atoms with van der Waals surface area (Å²) in [7, 11) is 1.22. The highest BCUT2D eigenvalue weighted by Gasteiger charge is 2.44. The molecule has 6 aromatic rings. The van der Waals surface area contributed by atoms with Crippen molar-refractivity contribution in [2.24, 2.45) is 16.2 Å². The SMILES string of the molecule is CC1(C)CC=C(c2nc(C3CC(C)(C)OC(C)(C)C3)ccc2N)CC1.CC1(C)CC=C(c2nc(C3CC(C)(C)OC(C)(C)C3)ccc2NC(=O)c2nc(C#N)cn2COCC[Si](C)(C)C)CC1.CC1(C)CC=C(c2nc(C3CC(C)(C)OC(C)(C)C3)ccc2NC(=O)c2ncc(C#N)[nH]2)CC1.C[Si](C)(C)CCOCn1cc(C#N)nc1Br.SI. The van der Waals surface area contributed by atoms with Crippen molar-refractivity contribution in [3.05, 3.63) is 141 Å². The first-order chi connectivity index (χ1) is 55.2. The molecule has 9 heterocycles. The van der Waals surface area contributed by atoms with Crippen molar-refractivity contribution < 1.29 is 33.3 Å². The van der Waals surface area contributed by atoms with Crippen LogP contribution in [-0.2, 0) is 37.1 Å². The Morgan fingerprint density at radius 3 is 1.24 bits per heavy atom. The lowest BCUT2D eigenvalue weighted by atomic mass is 9.77. The summed E-state index contributed by atoms with van der Waals surface area (Å²) in [6, 6.07) is 20.3. The van der Waals surface area contributed by atoms with Crippen molar-refractivity contribution in [2.75, 3.05) is 29.6 Å². The number of aromatic nitrogens is 9. The maximum atomic E-state index is 13.6. The highest BCUT2D eigenvalue weighted by molar-refractivity contribution is 14.2. The Morgan fingerprint density at radius 1 is 0.529 bits per heavy atom. The minimum atomic E-state index is -1.25. The molecule has 3 aliphatic heterocycles. The van der Waals surface area contributed by atoms with E-state index in [0.717, 1.165) is 148 Å². The van der Waals surface area contributed by atoms with Gasteiger partial charge in [-0.15, -0.1) is 9.80 Å². The Kier molecular flexibility index (Phi) is 32.7. The zero-order valence-electron chi connectivity index (χ0n) is 75.6. The molecule has 5 N–H and O–H groups in total. The maximum absolute atomic E-state index is 13.6. The molecule has 0 spiro atoms. The fraction of sp³-hybridized carbons (Fsp3) is 0.620. The summed E-state index contributed by atoms with van der Waals surface area (Å²) in [4.78, 5) is 57.0. The number of halogens is 2. The fourth-order valence-electron chi connectivity index (χ4n) is 17.1. The number of rotatable bonds is 20. The van der Waals surface area contributed by atoms with E-state index in [-0.39, 0.29) is 97.9 Å². The first kappa shape index (κ1) is 97.7. The number of nitrogen functional groups attached to an aromatic ring is 1. The van der Waals surface area contributed by atoms with Crippen molar-refractivity contribution in [1.29, 1.82) is 15.8 Å². The monoisotopic (exact) mass is 1860 g/mol. The molecule has 0 aromatic carbocycles. The number of hydrogen-bond donors (Lipinski definition) is 5. The van der Waals surface area contributed by atoms with Crippen LogP contribution in [0.1, 0.15) is 311 Å². The Hall–Kier alpha value is -6.70. The summed E-state index contributed by atoms with van der Waals surface area (Å²) in [6.07, 6.45) is 26.3. The predicted octanol–water partition coefficient (Wildman–Crippen LogP) is 23.5. The van der Waals surface area contributed by atoms with Crippen molar-refractivity contribution in [2.45, 2.75) is 337 Å². The Morgan fingerprint density at radius 2 is 0.882 bits per heavy atom. The predicted molar refractivity (Wildman–Crippen MR) is 500 cm³/mol. The fourth-order valence-corrected chi connectivity index (χ4v) is 19.0. The molecule has 6 aromatic heterocycles. The second-order valence-corrected chi connectivity index (χ2v) is 53.7. The Balaban J connectivity index is 0.000000206. The highest BCUT2D eigenvalue weighted by Crippen LogP contribution is 2.49. The van der Waals surface area contributed by atoms with E-state index in [1.54, 1.807) is 21.5 Å². The second kappa shape index (κ2) is 39.9. The topological polar surface area (TPSA) is 305 Å². The van der Waals surface area contributed by atoms with Crippen LogP contribution in [0.25, 0.3) is 16.7 Å². The lowest BCUT2D eigenvalue weighted by Crippen LogP contribution is -2.44. The van der Waals surface area contributed by atoms with Crippen LogP contribution in [0.4, 0.5) is 17.1 Å². The molecule has 27 heteroatoms. The van der Waals surface area contributed by atoms with Crippen LogP contribution in [0.2, 0.25) is 51.4 Å². The third-order valence-corrected chi connectivity index (χ3v) is 26.8. The van der Waals surface area contributed by atoms with Gasteiger partial charge < -0.3 is 54.2 Å². The van der Waals surface area contributed by atoms with Crippen LogP contribution in [0.15, 0.2) is 78.0 Å². The number of ether oxygens (including phenoxy) is 5. The zero-order chi connectivity index (χ0) is 88.3. The molecular weight excluding hydrogens is 1720 g/mol. The van der Waals surface area contributed by atoms with Gasteiger partial charge in [0.15, 0.2) is 21.9 Å². The number of nitrogens with two attached hydrogens (primary N) is 1. The highest BCUT2D eigenvalue weighted by atomic mass is 127. The molecule has 12 rings (SSSR count). The van der Waals surface area contributed by atoms with Crippen molar-refractivity contribution in [1.82, 2.24) is 44.0 Å². The largest absolute Gasteiger partial charge is 0.397 e. The van der Waals surface area contributed by atoms with Crippen LogP contribution in [-0.4, -0.2) is 119 Å². The van der Waals surface area contributed by atoms with E-state index < -0.39 is 16.1 Å². The van der Waals surface area contributed by atoms with Crippen LogP contribution in [0.5, 0.6) is 0 Å². The number of thiol groups is 1. The lowest BCUT2D eigenvalue weighted by Gasteiger charge is -2.45. The van der Waals surface area contributed by atoms with Crippen molar-refractivity contribution >= 4 is 109 Å². The van der Waals surface area contributed by atoms with Gasteiger partial charge in [-0.05, 0) is 298 Å². The molecule has 0 unspecified atom stereocenters. The molecule has 0 bridgehead atoms. The number of anilines is 3. The van der Waals surface area contributed by atoms with Crippen LogP contribution in [0, 0.1) is 50.2 Å². The number of carbonyl (C=O) groups excluding carboxylic acids is 2. The molecule has 3 aliphatic carbocycles. The molecule has 3 fully saturated rings. The van der Waals surface area contributed by atoms with E-state index in [9.17, 15) is 14.9 Å². The lowest BCUT2D eigenvalue weighted by molar-refractivity contribution is -0.162. The van der Waals surface area contributed by atoms with E-state index in [1.807, 2.05) is 63.7 Å². The van der Waals surface area contributed by atoms with E-state index in [2.05, 4.69) is 251 Å². The zero-order valence-corrected chi connectivity index (χ0v) is 82.2. The summed E-state index contributed by atoms with van der Waals surface area (Å²) >= 11 is 5.12. The third kappa shape index (κ3) is 29.8. The number of aromatic amines is 1. The van der Waals surface area contributed by atoms with E-state index >= 15 is 0 Å². The molecule has 0 saturated carbocycles. The minimum Gasteiger partial charge on any atom is -0.397 e. The number of hydrogen-bond acceptors (Lipinski definition) is 18. The molecule has 3 saturated heterocycles. The average molecular weight is 1860 g/mol. The molecule has 22 nitrogen and oxygen atoms in total. The summed E-state index contributed by atoms with van der Waals surface area (Å²) in [5.41, 5.74) is 18.5. The number of pyridine rings is 3. The smallest absolute Gasteiger partial charge is 0.291 e. The number of amides is 2. The van der Waals surface area contributed by atoms with Crippen LogP contribution < -0.4 is 16.4 Å². The van der Waals surface area contributed by atoms with Gasteiger partial charge in [0, 0.05) is 76.6 Å². The molecule has 2 amide bonds. The first-order valence-electron chi connectivity index (χ1n) is 42.2. The van der Waals surface area contributed by atoms with Gasteiger partial charge in [-0.25, -0.2) is 15.0 Å². The Labute approximate surface area is 738 Å². The summed E-state index contributed by atoms with van der Waals surface area (Å²) in [5, 5.41) is 33.3. The quantitative estimate of drug-likeness (QED) is 0.0205. The number of allylic oxidation sites excluding steroid dienone is 6. The molecule has 119 heavy (non-hydrogen) atoms. The van der Waals surface area contributed by atoms with Gasteiger partial charge in [-0.2, -0.15) is 15.8 Å². The number of imidazole rings is 3. The minimum absolute atomic E-state index is 0.110. The van der Waals surface area contributed by atoms with Gasteiger partial charge in [0.1, 0.15) is 37.4 Å². The summed E-state index contributed by atoms with van der Waals surface area (Å²) in [6.45, 7) is 55.5. The van der Waals surface area contributed by atoms with Gasteiger partial charge >= 0.3 is 0 Å². The van der Waals surface area contributed by atoms with E-state index in [4.69, 9.17) is 54.9 Å². The number of nitriles is 3. The number of carbonyl (C=O) groups is 2. The van der Waals surface area contributed by atoms with E-state index in [0.29, 0.717) is 46.5 Å². The van der Waals surface area contributed by atoms with Gasteiger partial charge in [0.2, 0.25) is 5.82 Å². The Bertz CT molecular complexity index is 4720. The number of nitrogens with zero attached hydrogens (tertiary/aromatic N) is 11. The number of nitrogens with one attached hydrogen (secondary N) is 3. The third-order valence-electron chi connectivity index (χ3n) is 22.7. The molecular formula is C92H135BrIN15O7SSi2. The first-order valence-corrected chi connectivity index (χ1v) is 53.6. The molecule has 0 radical (unpaired) electrons. The average Bonchev–Trinajstić information content (AvgIpc) is 1.25. The molecule has 6 aliphatic rings. The van der Waals surface area contributed by atoms with E-state index in [1.165, 1.54) is 29.5 Å². The summed E-state index contributed by atoms with van der Waals surface area (Å²) < 4.78 is 34.4. The molecule has 0 atom stereocenters.